The second-order valence-corrected chi connectivity index (χ2v) is 5.48. The molecule has 2 nitrogen and oxygen atoms in total. The average Bonchev–Trinajstić information content (AvgIpc) is 2.51. The molecule has 0 spiro atoms. The van der Waals surface area contributed by atoms with Crippen LogP contribution in [0.15, 0.2) is 30.3 Å². The van der Waals surface area contributed by atoms with Crippen LogP contribution in [-0.4, -0.2) is 13.2 Å². The van der Waals surface area contributed by atoms with Gasteiger partial charge in [0.2, 0.25) is 0 Å². The highest BCUT2D eigenvalue weighted by Gasteiger charge is 2.19. The average molecular weight is 359 g/mol. The van der Waals surface area contributed by atoms with E-state index in [1.165, 1.54) is 0 Å². The van der Waals surface area contributed by atoms with E-state index in [-0.39, 0.29) is 5.56 Å². The Hall–Kier alpha value is -1.69. The molecule has 0 bridgehead atoms. The number of rotatable bonds is 2. The van der Waals surface area contributed by atoms with Gasteiger partial charge in [-0.2, -0.15) is 0 Å². The molecule has 2 aromatic rings. The van der Waals surface area contributed by atoms with E-state index < -0.39 is 22.3 Å². The second kappa shape index (κ2) is 5.60. The van der Waals surface area contributed by atoms with Gasteiger partial charge in [0.05, 0.1) is 4.83 Å². The molecule has 0 fully saturated rings. The quantitative estimate of drug-likeness (QED) is 0.586. The van der Waals surface area contributed by atoms with Gasteiger partial charge in [0, 0.05) is 0 Å². The molecular weight excluding hydrogens is 349 g/mol. The molecule has 0 saturated carbocycles. The van der Waals surface area contributed by atoms with E-state index in [2.05, 4.69) is 15.9 Å². The van der Waals surface area contributed by atoms with E-state index in [1.807, 2.05) is 0 Å². The summed E-state index contributed by atoms with van der Waals surface area (Å²) in [6.45, 7) is 0.932. The molecule has 0 N–H and O–H groups in total. The molecule has 0 aromatic heterocycles. The maximum absolute atomic E-state index is 13.3. The molecule has 110 valence electrons. The lowest BCUT2D eigenvalue weighted by molar-refractivity contribution is 0.171. The minimum atomic E-state index is -1.47. The van der Waals surface area contributed by atoms with Crippen LogP contribution in [0.2, 0.25) is 0 Å². The van der Waals surface area contributed by atoms with Gasteiger partial charge >= 0.3 is 0 Å². The Balaban J connectivity index is 1.96. The maximum Gasteiger partial charge on any atom is 0.194 e. The molecule has 0 amide bonds. The van der Waals surface area contributed by atoms with Crippen molar-refractivity contribution < 1.29 is 22.6 Å². The zero-order chi connectivity index (χ0) is 15.0. The first-order valence-electron chi connectivity index (χ1n) is 6.24. The lowest BCUT2D eigenvalue weighted by atomic mass is 10.0. The van der Waals surface area contributed by atoms with Crippen LogP contribution < -0.4 is 9.47 Å². The van der Waals surface area contributed by atoms with Crippen molar-refractivity contribution in [3.8, 4) is 11.5 Å². The van der Waals surface area contributed by atoms with Crippen molar-refractivity contribution in [3.05, 3.63) is 58.9 Å². The number of ether oxygens (including phenoxy) is 2. The standard InChI is InChI=1S/C15H10BrF3O2/c16-14(9-5-10(17)15(19)11(18)6-9)8-1-2-12-13(7-8)21-4-3-20-12/h1-2,5-7,14H,3-4H2. The highest BCUT2D eigenvalue weighted by Crippen LogP contribution is 2.38. The molecule has 2 aromatic carbocycles. The van der Waals surface area contributed by atoms with E-state index in [1.54, 1.807) is 18.2 Å². The van der Waals surface area contributed by atoms with E-state index in [0.29, 0.717) is 24.7 Å². The Morgan fingerprint density at radius 1 is 0.857 bits per heavy atom. The fourth-order valence-electron chi connectivity index (χ4n) is 2.13. The van der Waals surface area contributed by atoms with E-state index in [9.17, 15) is 13.2 Å². The summed E-state index contributed by atoms with van der Waals surface area (Å²) in [5.41, 5.74) is 1.01. The Kier molecular flexibility index (Phi) is 3.80. The minimum absolute atomic E-state index is 0.281. The smallest absolute Gasteiger partial charge is 0.194 e. The molecule has 0 aliphatic carbocycles. The summed E-state index contributed by atoms with van der Waals surface area (Å²) in [6.07, 6.45) is 0. The third-order valence-corrected chi connectivity index (χ3v) is 4.22. The lowest BCUT2D eigenvalue weighted by Gasteiger charge is -2.20. The summed E-state index contributed by atoms with van der Waals surface area (Å²) in [6, 6.07) is 7.15. The Morgan fingerprint density at radius 3 is 2.14 bits per heavy atom. The van der Waals surface area contributed by atoms with Gasteiger partial charge in [0.25, 0.3) is 0 Å². The van der Waals surface area contributed by atoms with Gasteiger partial charge in [0.15, 0.2) is 29.0 Å². The van der Waals surface area contributed by atoms with Gasteiger partial charge in [-0.25, -0.2) is 13.2 Å². The first-order valence-corrected chi connectivity index (χ1v) is 7.16. The van der Waals surface area contributed by atoms with Crippen LogP contribution in [0.25, 0.3) is 0 Å². The van der Waals surface area contributed by atoms with Crippen LogP contribution in [0.4, 0.5) is 13.2 Å². The predicted octanol–water partition coefficient (Wildman–Crippen LogP) is 4.36. The molecular formula is C15H10BrF3O2. The van der Waals surface area contributed by atoms with Gasteiger partial charge in [-0.05, 0) is 35.4 Å². The van der Waals surface area contributed by atoms with Gasteiger partial charge in [0.1, 0.15) is 13.2 Å². The Morgan fingerprint density at radius 2 is 1.48 bits per heavy atom. The van der Waals surface area contributed by atoms with Crippen molar-refractivity contribution in [1.82, 2.24) is 0 Å². The van der Waals surface area contributed by atoms with Crippen LogP contribution in [0, 0.1) is 17.5 Å². The molecule has 0 radical (unpaired) electrons. The molecule has 6 heteroatoms. The zero-order valence-electron chi connectivity index (χ0n) is 10.7. The summed E-state index contributed by atoms with van der Waals surface area (Å²) in [7, 11) is 0. The third kappa shape index (κ3) is 2.72. The predicted molar refractivity (Wildman–Crippen MR) is 74.5 cm³/mol. The SMILES string of the molecule is Fc1cc(C(Br)c2ccc3c(c2)OCCO3)cc(F)c1F. The number of alkyl halides is 1. The Bertz CT molecular complexity index is 668. The highest BCUT2D eigenvalue weighted by molar-refractivity contribution is 9.09. The fraction of sp³-hybridized carbons (Fsp3) is 0.200. The highest BCUT2D eigenvalue weighted by atomic mass is 79.9. The summed E-state index contributed by atoms with van der Waals surface area (Å²) < 4.78 is 50.5. The topological polar surface area (TPSA) is 18.5 Å². The summed E-state index contributed by atoms with van der Waals surface area (Å²) in [5, 5.41) is 0. The Labute approximate surface area is 127 Å². The molecule has 1 aliphatic rings. The second-order valence-electron chi connectivity index (χ2n) is 4.56. The largest absolute Gasteiger partial charge is 0.486 e. The monoisotopic (exact) mass is 358 g/mol. The van der Waals surface area contributed by atoms with Gasteiger partial charge in [-0.15, -0.1) is 0 Å². The minimum Gasteiger partial charge on any atom is -0.486 e. The number of benzene rings is 2. The van der Waals surface area contributed by atoms with Crippen LogP contribution in [0.3, 0.4) is 0 Å². The van der Waals surface area contributed by atoms with E-state index >= 15 is 0 Å². The molecule has 1 aliphatic heterocycles. The molecule has 3 rings (SSSR count). The summed E-state index contributed by atoms with van der Waals surface area (Å²) in [5.74, 6) is -2.70. The van der Waals surface area contributed by atoms with Crippen LogP contribution in [-0.2, 0) is 0 Å². The molecule has 1 heterocycles. The molecule has 0 saturated heterocycles. The van der Waals surface area contributed by atoms with Crippen LogP contribution in [0.5, 0.6) is 11.5 Å². The van der Waals surface area contributed by atoms with Crippen molar-refractivity contribution in [3.63, 3.8) is 0 Å². The van der Waals surface area contributed by atoms with Crippen LogP contribution in [0.1, 0.15) is 16.0 Å². The first kappa shape index (κ1) is 14.3. The number of fused-ring (bicyclic) bond motifs is 1. The van der Waals surface area contributed by atoms with Crippen molar-refractivity contribution in [1.29, 1.82) is 0 Å². The number of hydrogen-bond donors (Lipinski definition) is 0. The number of halogens is 4. The van der Waals surface area contributed by atoms with Crippen molar-refractivity contribution in [2.75, 3.05) is 13.2 Å². The third-order valence-electron chi connectivity index (χ3n) is 3.16. The molecule has 21 heavy (non-hydrogen) atoms. The van der Waals surface area contributed by atoms with Crippen molar-refractivity contribution >= 4 is 15.9 Å². The maximum atomic E-state index is 13.3. The van der Waals surface area contributed by atoms with Gasteiger partial charge in [-0.3, -0.25) is 0 Å². The van der Waals surface area contributed by atoms with E-state index in [0.717, 1.165) is 17.7 Å². The van der Waals surface area contributed by atoms with E-state index in [4.69, 9.17) is 9.47 Å². The van der Waals surface area contributed by atoms with Crippen LogP contribution >= 0.6 is 15.9 Å². The zero-order valence-corrected chi connectivity index (χ0v) is 12.3. The lowest BCUT2D eigenvalue weighted by Crippen LogP contribution is -2.15. The normalized spacial score (nSPS) is 14.9. The van der Waals surface area contributed by atoms with Gasteiger partial charge in [-0.1, -0.05) is 22.0 Å². The molecule has 1 unspecified atom stereocenters. The number of hydrogen-bond acceptors (Lipinski definition) is 2. The van der Waals surface area contributed by atoms with Gasteiger partial charge < -0.3 is 9.47 Å². The van der Waals surface area contributed by atoms with Crippen molar-refractivity contribution in [2.45, 2.75) is 4.83 Å². The fourth-order valence-corrected chi connectivity index (χ4v) is 2.68. The first-order chi connectivity index (χ1) is 10.1. The summed E-state index contributed by atoms with van der Waals surface area (Å²) >= 11 is 3.36. The molecule has 1 atom stereocenters. The van der Waals surface area contributed by atoms with Crippen molar-refractivity contribution in [2.24, 2.45) is 0 Å². The summed E-state index contributed by atoms with van der Waals surface area (Å²) in [4.78, 5) is -0.488.